The van der Waals surface area contributed by atoms with Crippen LogP contribution < -0.4 is 5.32 Å². The molecule has 0 aliphatic heterocycles. The molecule has 0 unspecified atom stereocenters. The minimum Gasteiger partial charge on any atom is -0.449 e. The normalized spacial score (nSPS) is 11.7. The summed E-state index contributed by atoms with van der Waals surface area (Å²) in [4.78, 5) is 24.0. The van der Waals surface area contributed by atoms with Gasteiger partial charge in [-0.3, -0.25) is 4.79 Å². The van der Waals surface area contributed by atoms with Crippen molar-refractivity contribution in [2.45, 2.75) is 20.0 Å². The highest BCUT2D eigenvalue weighted by Gasteiger charge is 2.21. The molecule has 2 rings (SSSR count). The van der Waals surface area contributed by atoms with Crippen LogP contribution in [-0.2, 0) is 9.53 Å². The highest BCUT2D eigenvalue weighted by molar-refractivity contribution is 9.10. The predicted molar refractivity (Wildman–Crippen MR) is 88.8 cm³/mol. The van der Waals surface area contributed by atoms with Gasteiger partial charge in [0.2, 0.25) is 0 Å². The highest BCUT2D eigenvalue weighted by Crippen LogP contribution is 2.23. The van der Waals surface area contributed by atoms with Crippen molar-refractivity contribution in [1.82, 2.24) is 0 Å². The molecule has 0 heterocycles. The molecule has 0 radical (unpaired) electrons. The number of carbonyl (C=O) groups is 2. The number of hydrogen-bond donors (Lipinski definition) is 1. The number of anilines is 1. The molecule has 4 nitrogen and oxygen atoms in total. The predicted octanol–water partition coefficient (Wildman–Crippen LogP) is 4.08. The Hall–Kier alpha value is -2.21. The smallest absolute Gasteiger partial charge is 0.341 e. The molecular weight excluding hydrogens is 365 g/mol. The molecule has 2 aromatic rings. The van der Waals surface area contributed by atoms with Crippen LogP contribution in [0.2, 0.25) is 0 Å². The van der Waals surface area contributed by atoms with E-state index in [1.807, 2.05) is 19.1 Å². The Labute approximate surface area is 141 Å². The molecule has 0 spiro atoms. The number of esters is 1. The van der Waals surface area contributed by atoms with Gasteiger partial charge in [0, 0.05) is 4.47 Å². The fraction of sp³-hybridized carbons (Fsp3) is 0.176. The first kappa shape index (κ1) is 17.1. The number of ether oxygens (including phenoxy) is 1. The van der Waals surface area contributed by atoms with Crippen LogP contribution in [0.15, 0.2) is 46.9 Å². The summed E-state index contributed by atoms with van der Waals surface area (Å²) in [5.74, 6) is -2.07. The molecule has 0 aromatic heterocycles. The van der Waals surface area contributed by atoms with Crippen molar-refractivity contribution in [1.29, 1.82) is 0 Å². The number of aryl methyl sites for hydroxylation is 1. The molecule has 120 valence electrons. The summed E-state index contributed by atoms with van der Waals surface area (Å²) in [5, 5.41) is 2.65. The number of rotatable bonds is 4. The van der Waals surface area contributed by atoms with Gasteiger partial charge in [-0.15, -0.1) is 0 Å². The van der Waals surface area contributed by atoms with Gasteiger partial charge in [-0.25, -0.2) is 9.18 Å². The van der Waals surface area contributed by atoms with Crippen molar-refractivity contribution >= 4 is 33.5 Å². The second kappa shape index (κ2) is 7.37. The van der Waals surface area contributed by atoms with Crippen LogP contribution in [0.25, 0.3) is 0 Å². The van der Waals surface area contributed by atoms with Crippen LogP contribution in [0.1, 0.15) is 22.8 Å². The number of nitrogens with one attached hydrogen (secondary N) is 1. The van der Waals surface area contributed by atoms with Gasteiger partial charge in [0.15, 0.2) is 6.10 Å². The molecule has 0 aliphatic rings. The van der Waals surface area contributed by atoms with Crippen LogP contribution >= 0.6 is 15.9 Å². The van der Waals surface area contributed by atoms with E-state index in [0.29, 0.717) is 5.69 Å². The number of benzene rings is 2. The average molecular weight is 380 g/mol. The molecule has 23 heavy (non-hydrogen) atoms. The zero-order valence-electron chi connectivity index (χ0n) is 12.6. The molecule has 0 saturated heterocycles. The van der Waals surface area contributed by atoms with Crippen molar-refractivity contribution in [3.63, 3.8) is 0 Å². The lowest BCUT2D eigenvalue weighted by atomic mass is 10.2. The SMILES string of the molecule is Cc1ccc(NC(=O)[C@H](C)OC(=O)c2ccccc2F)c(Br)c1. The molecule has 2 aromatic carbocycles. The Bertz CT molecular complexity index is 748. The quantitative estimate of drug-likeness (QED) is 0.814. The van der Waals surface area contributed by atoms with Crippen LogP contribution in [0.3, 0.4) is 0 Å². The molecule has 0 saturated carbocycles. The molecule has 0 aliphatic carbocycles. The Balaban J connectivity index is 2.03. The summed E-state index contributed by atoms with van der Waals surface area (Å²) in [5.41, 5.74) is 1.40. The second-order valence-electron chi connectivity index (χ2n) is 5.00. The van der Waals surface area contributed by atoms with Crippen molar-refractivity contribution < 1.29 is 18.7 Å². The lowest BCUT2D eigenvalue weighted by Crippen LogP contribution is -2.30. The largest absolute Gasteiger partial charge is 0.449 e. The Morgan fingerprint density at radius 2 is 1.91 bits per heavy atom. The van der Waals surface area contributed by atoms with E-state index in [1.165, 1.54) is 25.1 Å². The van der Waals surface area contributed by atoms with Crippen LogP contribution in [-0.4, -0.2) is 18.0 Å². The second-order valence-corrected chi connectivity index (χ2v) is 5.85. The van der Waals surface area contributed by atoms with Gasteiger partial charge < -0.3 is 10.1 Å². The summed E-state index contributed by atoms with van der Waals surface area (Å²) in [6, 6.07) is 10.9. The van der Waals surface area contributed by atoms with Crippen LogP contribution in [0.5, 0.6) is 0 Å². The van der Waals surface area contributed by atoms with Gasteiger partial charge in [0.25, 0.3) is 5.91 Å². The van der Waals surface area contributed by atoms with Crippen LogP contribution in [0.4, 0.5) is 10.1 Å². The van der Waals surface area contributed by atoms with Gasteiger partial charge in [-0.2, -0.15) is 0 Å². The number of halogens is 2. The maximum absolute atomic E-state index is 13.5. The lowest BCUT2D eigenvalue weighted by molar-refractivity contribution is -0.123. The zero-order valence-corrected chi connectivity index (χ0v) is 14.2. The van der Waals surface area contributed by atoms with Gasteiger partial charge in [-0.1, -0.05) is 18.2 Å². The molecule has 0 bridgehead atoms. The van der Waals surface area contributed by atoms with E-state index >= 15 is 0 Å². The van der Waals surface area contributed by atoms with Crippen molar-refractivity contribution in [3.05, 3.63) is 63.9 Å². The first-order chi connectivity index (χ1) is 10.9. The Morgan fingerprint density at radius 1 is 1.22 bits per heavy atom. The Morgan fingerprint density at radius 3 is 2.57 bits per heavy atom. The summed E-state index contributed by atoms with van der Waals surface area (Å²) in [6.07, 6.45) is -1.06. The highest BCUT2D eigenvalue weighted by atomic mass is 79.9. The standard InChI is InChI=1S/C17H15BrFNO3/c1-10-7-8-15(13(18)9-10)20-16(21)11(2)23-17(22)12-5-3-4-6-14(12)19/h3-9,11H,1-2H3,(H,20,21)/t11-/m0/s1. The summed E-state index contributed by atoms with van der Waals surface area (Å²) < 4.78 is 19.3. The van der Waals surface area contributed by atoms with E-state index in [4.69, 9.17) is 4.74 Å². The van der Waals surface area contributed by atoms with Crippen molar-refractivity contribution in [3.8, 4) is 0 Å². The van der Waals surface area contributed by atoms with E-state index < -0.39 is 23.8 Å². The van der Waals surface area contributed by atoms with Gasteiger partial charge in [0.1, 0.15) is 5.82 Å². The first-order valence-corrected chi connectivity index (χ1v) is 7.70. The third kappa shape index (κ3) is 4.39. The molecule has 0 fully saturated rings. The molecule has 1 atom stereocenters. The summed E-state index contributed by atoms with van der Waals surface area (Å²) in [6.45, 7) is 3.35. The topological polar surface area (TPSA) is 55.4 Å². The average Bonchev–Trinajstić information content (AvgIpc) is 2.50. The maximum Gasteiger partial charge on any atom is 0.341 e. The van der Waals surface area contributed by atoms with Crippen molar-refractivity contribution in [2.75, 3.05) is 5.32 Å². The van der Waals surface area contributed by atoms with E-state index in [0.717, 1.165) is 16.1 Å². The van der Waals surface area contributed by atoms with Gasteiger partial charge >= 0.3 is 5.97 Å². The van der Waals surface area contributed by atoms with Crippen molar-refractivity contribution in [2.24, 2.45) is 0 Å². The van der Waals surface area contributed by atoms with E-state index in [-0.39, 0.29) is 5.56 Å². The van der Waals surface area contributed by atoms with E-state index in [1.54, 1.807) is 6.07 Å². The maximum atomic E-state index is 13.5. The molecular formula is C17H15BrFNO3. The fourth-order valence-corrected chi connectivity index (χ4v) is 2.45. The van der Waals surface area contributed by atoms with Crippen LogP contribution in [0, 0.1) is 12.7 Å². The lowest BCUT2D eigenvalue weighted by Gasteiger charge is -2.14. The van der Waals surface area contributed by atoms with Gasteiger partial charge in [-0.05, 0) is 59.6 Å². The number of carbonyl (C=O) groups excluding carboxylic acids is 2. The monoisotopic (exact) mass is 379 g/mol. The summed E-state index contributed by atoms with van der Waals surface area (Å²) in [7, 11) is 0. The first-order valence-electron chi connectivity index (χ1n) is 6.91. The zero-order chi connectivity index (χ0) is 17.0. The molecule has 6 heteroatoms. The van der Waals surface area contributed by atoms with E-state index in [9.17, 15) is 14.0 Å². The number of amides is 1. The number of hydrogen-bond acceptors (Lipinski definition) is 3. The van der Waals surface area contributed by atoms with Gasteiger partial charge in [0.05, 0.1) is 11.3 Å². The van der Waals surface area contributed by atoms with E-state index in [2.05, 4.69) is 21.2 Å². The third-order valence-electron chi connectivity index (χ3n) is 3.13. The third-order valence-corrected chi connectivity index (χ3v) is 3.79. The molecule has 1 amide bonds. The molecule has 1 N–H and O–H groups in total. The summed E-state index contributed by atoms with van der Waals surface area (Å²) >= 11 is 3.35. The fourth-order valence-electron chi connectivity index (χ4n) is 1.86. The minimum atomic E-state index is -1.06. The minimum absolute atomic E-state index is 0.205. The Kier molecular flexibility index (Phi) is 5.50.